The molecule has 0 spiro atoms. The van der Waals surface area contributed by atoms with Crippen LogP contribution in [0, 0.1) is 5.41 Å². The van der Waals surface area contributed by atoms with Crippen molar-refractivity contribution < 1.29 is 24.5 Å². The van der Waals surface area contributed by atoms with E-state index in [2.05, 4.69) is 5.32 Å². The smallest absolute Gasteiger partial charge is 0.251 e. The summed E-state index contributed by atoms with van der Waals surface area (Å²) >= 11 is 0. The molecule has 0 radical (unpaired) electrons. The summed E-state index contributed by atoms with van der Waals surface area (Å²) in [4.78, 5) is 12.5. The van der Waals surface area contributed by atoms with Gasteiger partial charge in [0, 0.05) is 17.5 Å². The SMILES string of the molecule is COc1ccc(C(=O)NCC2(COc3ccccc3)C[C@@H](O)[C@@H](O)C2)cc1. The van der Waals surface area contributed by atoms with E-state index in [-0.39, 0.29) is 5.91 Å². The van der Waals surface area contributed by atoms with Gasteiger partial charge in [0.05, 0.1) is 25.9 Å². The Kier molecular flexibility index (Phi) is 5.98. The van der Waals surface area contributed by atoms with Gasteiger partial charge in [0.25, 0.3) is 5.91 Å². The van der Waals surface area contributed by atoms with Crippen molar-refractivity contribution in [3.05, 3.63) is 60.2 Å². The zero-order chi connectivity index (χ0) is 19.3. The van der Waals surface area contributed by atoms with Crippen LogP contribution in [0.25, 0.3) is 0 Å². The summed E-state index contributed by atoms with van der Waals surface area (Å²) in [6.07, 6.45) is -0.905. The summed E-state index contributed by atoms with van der Waals surface area (Å²) in [5, 5.41) is 23.0. The molecule has 1 fully saturated rings. The van der Waals surface area contributed by atoms with Gasteiger partial charge in [-0.05, 0) is 49.2 Å². The maximum atomic E-state index is 12.5. The highest BCUT2D eigenvalue weighted by Crippen LogP contribution is 2.38. The molecule has 1 unspecified atom stereocenters. The number of hydrogen-bond acceptors (Lipinski definition) is 5. The molecule has 0 saturated heterocycles. The summed E-state index contributed by atoms with van der Waals surface area (Å²) in [5.74, 6) is 1.18. The molecular weight excluding hydrogens is 346 g/mol. The Balaban J connectivity index is 1.65. The maximum absolute atomic E-state index is 12.5. The molecule has 1 aliphatic rings. The van der Waals surface area contributed by atoms with Crippen LogP contribution < -0.4 is 14.8 Å². The minimum atomic E-state index is -0.817. The second kappa shape index (κ2) is 8.41. The van der Waals surface area contributed by atoms with Crippen LogP contribution >= 0.6 is 0 Å². The van der Waals surface area contributed by atoms with Crippen LogP contribution in [0.5, 0.6) is 11.5 Å². The molecule has 3 rings (SSSR count). The summed E-state index contributed by atoms with van der Waals surface area (Å²) in [5.41, 5.74) is -0.00871. The topological polar surface area (TPSA) is 88.0 Å². The van der Waals surface area contributed by atoms with E-state index < -0.39 is 17.6 Å². The van der Waals surface area contributed by atoms with Crippen LogP contribution in [0.15, 0.2) is 54.6 Å². The number of para-hydroxylation sites is 1. The van der Waals surface area contributed by atoms with Crippen molar-refractivity contribution in [2.45, 2.75) is 25.0 Å². The molecule has 144 valence electrons. The van der Waals surface area contributed by atoms with Gasteiger partial charge in [-0.25, -0.2) is 0 Å². The molecule has 3 N–H and O–H groups in total. The Morgan fingerprint density at radius 1 is 1.04 bits per heavy atom. The Hall–Kier alpha value is -2.57. The fourth-order valence-corrected chi connectivity index (χ4v) is 3.42. The van der Waals surface area contributed by atoms with Gasteiger partial charge < -0.3 is 25.0 Å². The number of methoxy groups -OCH3 is 1. The fraction of sp³-hybridized carbons (Fsp3) is 0.381. The molecule has 6 nitrogen and oxygen atoms in total. The van der Waals surface area contributed by atoms with Crippen molar-refractivity contribution >= 4 is 5.91 Å². The Labute approximate surface area is 158 Å². The first-order chi connectivity index (χ1) is 13.0. The fourth-order valence-electron chi connectivity index (χ4n) is 3.42. The predicted octanol–water partition coefficient (Wildman–Crippen LogP) is 2.01. The molecule has 0 bridgehead atoms. The van der Waals surface area contributed by atoms with Gasteiger partial charge in [-0.15, -0.1) is 0 Å². The van der Waals surface area contributed by atoms with E-state index in [1.807, 2.05) is 30.3 Å². The van der Waals surface area contributed by atoms with Crippen LogP contribution in [-0.2, 0) is 0 Å². The number of hydrogen-bond donors (Lipinski definition) is 3. The second-order valence-corrected chi connectivity index (χ2v) is 7.06. The first kappa shape index (κ1) is 19.2. The van der Waals surface area contributed by atoms with E-state index in [1.54, 1.807) is 31.4 Å². The molecule has 0 aliphatic heterocycles. The number of nitrogens with one attached hydrogen (secondary N) is 1. The van der Waals surface area contributed by atoms with Crippen LogP contribution in [0.2, 0.25) is 0 Å². The van der Waals surface area contributed by atoms with Gasteiger partial charge >= 0.3 is 0 Å². The molecule has 2 aromatic rings. The predicted molar refractivity (Wildman–Crippen MR) is 101 cm³/mol. The van der Waals surface area contributed by atoms with Crippen molar-refractivity contribution in [3.8, 4) is 11.5 Å². The van der Waals surface area contributed by atoms with Gasteiger partial charge in [-0.2, -0.15) is 0 Å². The summed E-state index contributed by atoms with van der Waals surface area (Å²) in [6, 6.07) is 16.2. The zero-order valence-corrected chi connectivity index (χ0v) is 15.3. The third-order valence-corrected chi connectivity index (χ3v) is 4.99. The molecule has 27 heavy (non-hydrogen) atoms. The van der Waals surface area contributed by atoms with Gasteiger partial charge in [-0.1, -0.05) is 18.2 Å². The molecule has 1 amide bonds. The van der Waals surface area contributed by atoms with Crippen LogP contribution in [0.1, 0.15) is 23.2 Å². The third-order valence-electron chi connectivity index (χ3n) is 4.99. The Morgan fingerprint density at radius 3 is 2.26 bits per heavy atom. The van der Waals surface area contributed by atoms with E-state index in [0.717, 1.165) is 0 Å². The monoisotopic (exact) mass is 371 g/mol. The quantitative estimate of drug-likeness (QED) is 0.693. The number of aliphatic hydroxyl groups excluding tert-OH is 2. The highest BCUT2D eigenvalue weighted by atomic mass is 16.5. The zero-order valence-electron chi connectivity index (χ0n) is 15.3. The highest BCUT2D eigenvalue weighted by molar-refractivity contribution is 5.94. The van der Waals surface area contributed by atoms with Crippen molar-refractivity contribution in [2.75, 3.05) is 20.3 Å². The minimum absolute atomic E-state index is 0.215. The van der Waals surface area contributed by atoms with Crippen LogP contribution in [0.4, 0.5) is 0 Å². The lowest BCUT2D eigenvalue weighted by molar-refractivity contribution is 0.0438. The number of aliphatic hydroxyl groups is 2. The van der Waals surface area contributed by atoms with Crippen molar-refractivity contribution in [3.63, 3.8) is 0 Å². The van der Waals surface area contributed by atoms with E-state index in [9.17, 15) is 15.0 Å². The van der Waals surface area contributed by atoms with E-state index in [1.165, 1.54) is 0 Å². The molecule has 1 saturated carbocycles. The van der Waals surface area contributed by atoms with Crippen molar-refractivity contribution in [2.24, 2.45) is 5.41 Å². The molecule has 0 heterocycles. The number of carbonyl (C=O) groups excluding carboxylic acids is 1. The maximum Gasteiger partial charge on any atom is 0.251 e. The molecule has 1 aliphatic carbocycles. The van der Waals surface area contributed by atoms with Gasteiger partial charge in [-0.3, -0.25) is 4.79 Å². The lowest BCUT2D eigenvalue weighted by Crippen LogP contribution is -2.40. The van der Waals surface area contributed by atoms with Gasteiger partial charge in [0.2, 0.25) is 0 Å². The molecule has 6 heteroatoms. The van der Waals surface area contributed by atoms with Crippen LogP contribution in [-0.4, -0.2) is 48.6 Å². The second-order valence-electron chi connectivity index (χ2n) is 7.06. The lowest BCUT2D eigenvalue weighted by atomic mass is 9.86. The van der Waals surface area contributed by atoms with Crippen molar-refractivity contribution in [1.82, 2.24) is 5.32 Å². The van der Waals surface area contributed by atoms with E-state index >= 15 is 0 Å². The minimum Gasteiger partial charge on any atom is -0.497 e. The number of carbonyl (C=O) groups is 1. The molecular formula is C21H25NO5. The molecule has 0 aromatic heterocycles. The van der Waals surface area contributed by atoms with E-state index in [4.69, 9.17) is 9.47 Å². The third kappa shape index (κ3) is 4.78. The van der Waals surface area contributed by atoms with Crippen LogP contribution in [0.3, 0.4) is 0 Å². The summed E-state index contributed by atoms with van der Waals surface area (Å²) in [6.45, 7) is 0.604. The average Bonchev–Trinajstić information content (AvgIpc) is 2.99. The van der Waals surface area contributed by atoms with Gasteiger partial charge in [0.15, 0.2) is 0 Å². The molecule has 2 aromatic carbocycles. The number of rotatable bonds is 7. The van der Waals surface area contributed by atoms with E-state index in [0.29, 0.717) is 43.1 Å². The van der Waals surface area contributed by atoms with Crippen molar-refractivity contribution in [1.29, 1.82) is 0 Å². The number of amides is 1. The standard InChI is InChI=1S/C21H25NO5/c1-26-16-9-7-15(8-10-16)20(25)22-13-21(11-18(23)19(24)12-21)14-27-17-5-3-2-4-6-17/h2-10,18-19,23-24H,11-14H2,1H3,(H,22,25)/t18-,19+,21?. The van der Waals surface area contributed by atoms with Gasteiger partial charge in [0.1, 0.15) is 11.5 Å². The lowest BCUT2D eigenvalue weighted by Gasteiger charge is -2.29. The Bertz CT molecular complexity index is 737. The largest absolute Gasteiger partial charge is 0.497 e. The molecule has 3 atom stereocenters. The summed E-state index contributed by atoms with van der Waals surface area (Å²) < 4.78 is 11.0. The average molecular weight is 371 g/mol. The number of ether oxygens (including phenoxy) is 2. The summed E-state index contributed by atoms with van der Waals surface area (Å²) in [7, 11) is 1.57. The first-order valence-corrected chi connectivity index (χ1v) is 8.98. The number of benzene rings is 2. The normalized spacial score (nSPS) is 24.4. The first-order valence-electron chi connectivity index (χ1n) is 8.98. The highest BCUT2D eigenvalue weighted by Gasteiger charge is 2.45. The Morgan fingerprint density at radius 2 is 1.67 bits per heavy atom.